The fourth-order valence-corrected chi connectivity index (χ4v) is 4.92. The Morgan fingerprint density at radius 2 is 2.03 bits per heavy atom. The Balaban J connectivity index is 1.86. The van der Waals surface area contributed by atoms with Gasteiger partial charge in [0.2, 0.25) is 0 Å². The van der Waals surface area contributed by atoms with E-state index in [-0.39, 0.29) is 5.75 Å². The van der Waals surface area contributed by atoms with E-state index in [9.17, 15) is 14.0 Å². The van der Waals surface area contributed by atoms with Crippen LogP contribution in [0.15, 0.2) is 40.2 Å². The molecular weight excluding hydrogens is 439 g/mol. The lowest BCUT2D eigenvalue weighted by Crippen LogP contribution is -2.46. The zero-order valence-electron chi connectivity index (χ0n) is 19.9. The molecule has 2 aliphatic rings. The summed E-state index contributed by atoms with van der Waals surface area (Å²) in [5.41, 5.74) is 4.06. The van der Waals surface area contributed by atoms with E-state index in [1.807, 2.05) is 33.8 Å². The molecular formula is C25H33FN4O2S. The van der Waals surface area contributed by atoms with Gasteiger partial charge in [-0.15, -0.1) is 0 Å². The molecule has 0 bridgehead atoms. The van der Waals surface area contributed by atoms with E-state index in [1.54, 1.807) is 6.07 Å². The number of hydrogen-bond donors (Lipinski definition) is 2. The maximum atomic E-state index is 14.0. The highest BCUT2D eigenvalue weighted by Gasteiger charge is 2.25. The molecule has 2 N–H and O–H groups in total. The third-order valence-electron chi connectivity index (χ3n) is 5.81. The summed E-state index contributed by atoms with van der Waals surface area (Å²) in [4.78, 5) is 9.15. The molecule has 0 radical (unpaired) electrons. The van der Waals surface area contributed by atoms with E-state index in [4.69, 9.17) is 4.99 Å². The summed E-state index contributed by atoms with van der Waals surface area (Å²) in [5.74, 6) is 7.60. The Hall–Kier alpha value is -2.47. The molecule has 2 saturated heterocycles. The highest BCUT2D eigenvalue weighted by molar-refractivity contribution is 7.91. The fourth-order valence-electron chi connectivity index (χ4n) is 3.79. The minimum atomic E-state index is -0.698. The second-order valence-corrected chi connectivity index (χ2v) is 10.1. The number of allylic oxidation sites excluding steroid dienone is 3. The number of nitrogens with zero attached hydrogens (tertiary/aromatic N) is 3. The van der Waals surface area contributed by atoms with E-state index in [1.165, 1.54) is 6.07 Å². The van der Waals surface area contributed by atoms with Crippen LogP contribution >= 0.6 is 0 Å². The zero-order chi connectivity index (χ0) is 24.0. The Morgan fingerprint density at radius 3 is 2.70 bits per heavy atom. The Kier molecular flexibility index (Phi) is 8.84. The Morgan fingerprint density at radius 1 is 1.30 bits per heavy atom. The molecule has 0 unspecified atom stereocenters. The molecule has 0 saturated carbocycles. The van der Waals surface area contributed by atoms with Gasteiger partial charge in [-0.25, -0.2) is 9.38 Å². The summed E-state index contributed by atoms with van der Waals surface area (Å²) in [6.45, 7) is 11.8. The molecule has 1 aromatic rings. The van der Waals surface area contributed by atoms with Gasteiger partial charge in [0.15, 0.2) is 17.4 Å². The molecule has 2 aliphatic heterocycles. The lowest BCUT2D eigenvalue weighted by atomic mass is 10.1. The predicted molar refractivity (Wildman–Crippen MR) is 133 cm³/mol. The summed E-state index contributed by atoms with van der Waals surface area (Å²) in [6.07, 6.45) is 1.88. The average molecular weight is 473 g/mol. The number of aryl methyl sites for hydroxylation is 1. The standard InChI is InChI=1S/C25H33FN4O2S/c1-5-20(7-6-11-29-13-15-33(32)16-14-29)28-25-23(18(2)3)27-10-12-30(25)17-21-19(4)8-9-22(26)24(21)31/h5,8-9,27,31H,10-17H2,1-4H3/b20-5-,28-25+. The minimum Gasteiger partial charge on any atom is -0.616 e. The van der Waals surface area contributed by atoms with Crippen molar-refractivity contribution in [3.63, 3.8) is 0 Å². The van der Waals surface area contributed by atoms with Gasteiger partial charge in [-0.05, 0) is 50.8 Å². The van der Waals surface area contributed by atoms with Crippen LogP contribution in [0.2, 0.25) is 0 Å². The quantitative estimate of drug-likeness (QED) is 0.521. The first-order valence-electron chi connectivity index (χ1n) is 11.2. The van der Waals surface area contributed by atoms with Crippen LogP contribution in [0.1, 0.15) is 31.9 Å². The van der Waals surface area contributed by atoms with Gasteiger partial charge in [0.1, 0.15) is 17.2 Å². The number of halogens is 1. The molecule has 0 aromatic heterocycles. The maximum absolute atomic E-state index is 14.0. The van der Waals surface area contributed by atoms with Crippen LogP contribution in [-0.4, -0.2) is 69.5 Å². The van der Waals surface area contributed by atoms with Crippen molar-refractivity contribution in [1.29, 1.82) is 0 Å². The van der Waals surface area contributed by atoms with E-state index in [0.717, 1.165) is 42.3 Å². The highest BCUT2D eigenvalue weighted by Crippen LogP contribution is 2.27. The SMILES string of the molecule is C/C=C(C#CCN1CC[S+]([O-])CC1)\N=C1/C(=C(C)C)NCCN1Cc1c(C)ccc(F)c1O. The summed E-state index contributed by atoms with van der Waals surface area (Å²) in [7, 11) is 0. The van der Waals surface area contributed by atoms with Gasteiger partial charge in [0, 0.05) is 38.3 Å². The number of benzene rings is 1. The molecule has 33 heavy (non-hydrogen) atoms. The van der Waals surface area contributed by atoms with Gasteiger partial charge < -0.3 is 19.9 Å². The van der Waals surface area contributed by atoms with Crippen molar-refractivity contribution >= 4 is 17.0 Å². The number of piperazine rings is 1. The highest BCUT2D eigenvalue weighted by atomic mass is 32.2. The van der Waals surface area contributed by atoms with Crippen molar-refractivity contribution in [3.8, 4) is 17.6 Å². The number of phenols is 1. The molecule has 3 rings (SSSR count). The van der Waals surface area contributed by atoms with Gasteiger partial charge in [-0.1, -0.05) is 29.2 Å². The number of hydrogen-bond acceptors (Lipinski definition) is 5. The van der Waals surface area contributed by atoms with Crippen molar-refractivity contribution in [1.82, 2.24) is 15.1 Å². The third-order valence-corrected chi connectivity index (χ3v) is 7.09. The fraction of sp³-hybridized carbons (Fsp3) is 0.480. The summed E-state index contributed by atoms with van der Waals surface area (Å²) in [5, 5.41) is 13.8. The molecule has 0 atom stereocenters. The van der Waals surface area contributed by atoms with Crippen LogP contribution in [0, 0.1) is 24.6 Å². The van der Waals surface area contributed by atoms with Crippen LogP contribution in [0.3, 0.4) is 0 Å². The van der Waals surface area contributed by atoms with Crippen molar-refractivity contribution in [2.45, 2.75) is 34.2 Å². The van der Waals surface area contributed by atoms with Crippen molar-refractivity contribution in [2.75, 3.05) is 44.2 Å². The van der Waals surface area contributed by atoms with Crippen molar-refractivity contribution < 1.29 is 14.0 Å². The largest absolute Gasteiger partial charge is 0.616 e. The van der Waals surface area contributed by atoms with Crippen LogP contribution in [0.25, 0.3) is 0 Å². The smallest absolute Gasteiger partial charge is 0.165 e. The second kappa shape index (κ2) is 11.6. The lowest BCUT2D eigenvalue weighted by molar-refractivity contribution is 0.332. The number of aromatic hydroxyl groups is 1. The predicted octanol–water partition coefficient (Wildman–Crippen LogP) is 2.91. The van der Waals surface area contributed by atoms with E-state index in [2.05, 4.69) is 27.0 Å². The van der Waals surface area contributed by atoms with Gasteiger partial charge in [-0.2, -0.15) is 0 Å². The van der Waals surface area contributed by atoms with Gasteiger partial charge in [0.05, 0.1) is 12.2 Å². The van der Waals surface area contributed by atoms with Crippen LogP contribution in [0.4, 0.5) is 4.39 Å². The normalized spacial score (nSPS) is 19.3. The topological polar surface area (TPSA) is 74.2 Å². The van der Waals surface area contributed by atoms with Crippen LogP contribution in [0.5, 0.6) is 5.75 Å². The molecule has 8 heteroatoms. The summed E-state index contributed by atoms with van der Waals surface area (Å²) >= 11 is -0.698. The molecule has 0 amide bonds. The summed E-state index contributed by atoms with van der Waals surface area (Å²) < 4.78 is 25.6. The zero-order valence-corrected chi connectivity index (χ0v) is 20.7. The molecule has 178 valence electrons. The van der Waals surface area contributed by atoms with E-state index in [0.29, 0.717) is 42.4 Å². The van der Waals surface area contributed by atoms with Crippen molar-refractivity contribution in [3.05, 3.63) is 52.1 Å². The van der Waals surface area contributed by atoms with E-state index >= 15 is 0 Å². The van der Waals surface area contributed by atoms with Gasteiger partial charge in [-0.3, -0.25) is 4.90 Å². The number of amidine groups is 1. The lowest BCUT2D eigenvalue weighted by Gasteiger charge is -2.34. The minimum absolute atomic E-state index is 0.305. The Labute approximate surface area is 199 Å². The Bertz CT molecular complexity index is 1010. The average Bonchev–Trinajstić information content (AvgIpc) is 2.80. The first-order chi connectivity index (χ1) is 15.8. The first kappa shape index (κ1) is 25.2. The van der Waals surface area contributed by atoms with E-state index < -0.39 is 17.0 Å². The maximum Gasteiger partial charge on any atom is 0.165 e. The molecule has 2 fully saturated rings. The number of rotatable bonds is 4. The van der Waals surface area contributed by atoms with Gasteiger partial charge in [0.25, 0.3) is 0 Å². The number of phenolic OH excluding ortho intramolecular Hbond substituents is 1. The van der Waals surface area contributed by atoms with Crippen LogP contribution < -0.4 is 5.32 Å². The molecule has 6 nitrogen and oxygen atoms in total. The molecule has 1 aromatic carbocycles. The first-order valence-corrected chi connectivity index (χ1v) is 12.7. The summed E-state index contributed by atoms with van der Waals surface area (Å²) in [6, 6.07) is 2.97. The molecule has 0 spiro atoms. The van der Waals surface area contributed by atoms with Gasteiger partial charge >= 0.3 is 0 Å². The molecule has 0 aliphatic carbocycles. The molecule has 2 heterocycles. The van der Waals surface area contributed by atoms with Crippen LogP contribution in [-0.2, 0) is 17.7 Å². The van der Waals surface area contributed by atoms with Crippen molar-refractivity contribution in [2.24, 2.45) is 4.99 Å². The monoisotopic (exact) mass is 472 g/mol. The second-order valence-electron chi connectivity index (χ2n) is 8.45. The number of aliphatic imine (C=N–C) groups is 1. The third kappa shape index (κ3) is 6.53. The number of nitrogens with one attached hydrogen (secondary N) is 1.